The topological polar surface area (TPSA) is 44.4 Å². The molecule has 0 bridgehead atoms. The van der Waals surface area contributed by atoms with Crippen LogP contribution in [0.4, 0.5) is 10.1 Å². The van der Waals surface area contributed by atoms with Crippen LogP contribution in [0.3, 0.4) is 0 Å². The Hall–Kier alpha value is -1.82. The Morgan fingerprint density at radius 2 is 1.89 bits per heavy atom. The number of nitrogens with one attached hydrogen (secondary N) is 2. The van der Waals surface area contributed by atoms with Gasteiger partial charge >= 0.3 is 0 Å². The summed E-state index contributed by atoms with van der Waals surface area (Å²) in [6.45, 7) is 3.16. The van der Waals surface area contributed by atoms with E-state index in [1.807, 2.05) is 17.0 Å². The number of anilines is 1. The van der Waals surface area contributed by atoms with Crippen LogP contribution in [0, 0.1) is 5.82 Å². The molecular formula is C21H26Cl2FN3O. The molecular weight excluding hydrogens is 400 g/mol. The second-order valence-electron chi connectivity index (χ2n) is 7.03. The standard InChI is InChI=1S/C21H24FN3O.2ClH/c22-18-13-16(7-8-20(18)25-11-3-4-12-25)21(26)24-14-19-17-6-2-1-5-15(17)9-10-23-19;;/h1-2,5-8,13,19,23H,3-4,9-12,14H2,(H,24,26);2*1H. The fourth-order valence-corrected chi connectivity index (χ4v) is 3.93. The van der Waals surface area contributed by atoms with Crippen LogP contribution in [-0.4, -0.2) is 32.1 Å². The minimum atomic E-state index is -0.319. The lowest BCUT2D eigenvalue weighted by atomic mass is 9.94. The zero-order chi connectivity index (χ0) is 17.9. The fourth-order valence-electron chi connectivity index (χ4n) is 3.93. The average Bonchev–Trinajstić information content (AvgIpc) is 3.20. The van der Waals surface area contributed by atoms with Crippen molar-refractivity contribution in [1.29, 1.82) is 0 Å². The molecule has 7 heteroatoms. The summed E-state index contributed by atoms with van der Waals surface area (Å²) >= 11 is 0. The first-order valence-corrected chi connectivity index (χ1v) is 9.36. The van der Waals surface area contributed by atoms with Gasteiger partial charge in [-0.15, -0.1) is 24.8 Å². The summed E-state index contributed by atoms with van der Waals surface area (Å²) in [6, 6.07) is 13.2. The third-order valence-electron chi connectivity index (χ3n) is 5.34. The molecule has 2 aliphatic rings. The molecule has 4 rings (SSSR count). The molecule has 2 aromatic carbocycles. The monoisotopic (exact) mass is 425 g/mol. The highest BCUT2D eigenvalue weighted by Gasteiger charge is 2.21. The Balaban J connectivity index is 0.00000140. The van der Waals surface area contributed by atoms with Crippen molar-refractivity contribution in [3.63, 3.8) is 0 Å². The summed E-state index contributed by atoms with van der Waals surface area (Å²) < 4.78 is 14.4. The molecule has 1 atom stereocenters. The van der Waals surface area contributed by atoms with Crippen LogP contribution in [-0.2, 0) is 6.42 Å². The van der Waals surface area contributed by atoms with Crippen LogP contribution < -0.4 is 15.5 Å². The van der Waals surface area contributed by atoms with Gasteiger partial charge in [-0.2, -0.15) is 0 Å². The molecule has 1 unspecified atom stereocenters. The maximum Gasteiger partial charge on any atom is 0.251 e. The Morgan fingerprint density at radius 1 is 1.14 bits per heavy atom. The van der Waals surface area contributed by atoms with E-state index in [0.717, 1.165) is 38.9 Å². The number of carbonyl (C=O) groups excluding carboxylic acids is 1. The van der Waals surface area contributed by atoms with Gasteiger partial charge in [0, 0.05) is 31.2 Å². The van der Waals surface area contributed by atoms with Crippen LogP contribution in [0.15, 0.2) is 42.5 Å². The number of hydrogen-bond acceptors (Lipinski definition) is 3. The normalized spacial score (nSPS) is 17.9. The van der Waals surface area contributed by atoms with Crippen LogP contribution in [0.25, 0.3) is 0 Å². The molecule has 152 valence electrons. The van der Waals surface area contributed by atoms with Crippen molar-refractivity contribution in [2.45, 2.75) is 25.3 Å². The first-order valence-electron chi connectivity index (χ1n) is 9.36. The van der Waals surface area contributed by atoms with E-state index < -0.39 is 0 Å². The smallest absolute Gasteiger partial charge is 0.251 e. The molecule has 1 amide bonds. The molecule has 2 heterocycles. The maximum absolute atomic E-state index is 14.4. The summed E-state index contributed by atoms with van der Waals surface area (Å²) in [5, 5.41) is 6.39. The lowest BCUT2D eigenvalue weighted by Gasteiger charge is -2.27. The number of amides is 1. The number of halogens is 3. The van der Waals surface area contributed by atoms with E-state index >= 15 is 0 Å². The van der Waals surface area contributed by atoms with Gasteiger partial charge in [-0.05, 0) is 55.1 Å². The lowest BCUT2D eigenvalue weighted by Crippen LogP contribution is -2.38. The summed E-state index contributed by atoms with van der Waals surface area (Å²) in [5.74, 6) is -0.553. The summed E-state index contributed by atoms with van der Waals surface area (Å²) in [5.41, 5.74) is 3.53. The van der Waals surface area contributed by atoms with Gasteiger partial charge in [-0.25, -0.2) is 4.39 Å². The first-order chi connectivity index (χ1) is 12.7. The fraction of sp³-hybridized carbons (Fsp3) is 0.381. The predicted octanol–water partition coefficient (Wildman–Crippen LogP) is 3.89. The van der Waals surface area contributed by atoms with E-state index in [2.05, 4.69) is 22.8 Å². The van der Waals surface area contributed by atoms with E-state index in [1.54, 1.807) is 12.1 Å². The van der Waals surface area contributed by atoms with Gasteiger partial charge in [0.1, 0.15) is 5.82 Å². The minimum Gasteiger partial charge on any atom is -0.369 e. The number of fused-ring (bicyclic) bond motifs is 1. The van der Waals surface area contributed by atoms with Crippen molar-refractivity contribution in [3.05, 3.63) is 65.0 Å². The maximum atomic E-state index is 14.4. The average molecular weight is 426 g/mol. The van der Waals surface area contributed by atoms with E-state index in [0.29, 0.717) is 17.8 Å². The van der Waals surface area contributed by atoms with Gasteiger partial charge < -0.3 is 15.5 Å². The van der Waals surface area contributed by atoms with E-state index in [-0.39, 0.29) is 42.6 Å². The first kappa shape index (κ1) is 22.5. The molecule has 2 aliphatic heterocycles. The molecule has 4 nitrogen and oxygen atoms in total. The van der Waals surface area contributed by atoms with Crippen LogP contribution in [0.5, 0.6) is 0 Å². The summed E-state index contributed by atoms with van der Waals surface area (Å²) in [7, 11) is 0. The van der Waals surface area contributed by atoms with Crippen LogP contribution in [0.1, 0.15) is 40.4 Å². The Labute approximate surface area is 177 Å². The highest BCUT2D eigenvalue weighted by molar-refractivity contribution is 5.94. The van der Waals surface area contributed by atoms with Crippen molar-refractivity contribution in [1.82, 2.24) is 10.6 Å². The number of nitrogens with zero attached hydrogens (tertiary/aromatic N) is 1. The number of rotatable bonds is 4. The SMILES string of the molecule is Cl.Cl.O=C(NCC1NCCc2ccccc21)c1ccc(N2CCCC2)c(F)c1. The molecule has 2 aromatic rings. The predicted molar refractivity (Wildman–Crippen MR) is 116 cm³/mol. The third-order valence-corrected chi connectivity index (χ3v) is 5.34. The van der Waals surface area contributed by atoms with Crippen LogP contribution >= 0.6 is 24.8 Å². The molecule has 1 saturated heterocycles. The molecule has 28 heavy (non-hydrogen) atoms. The highest BCUT2D eigenvalue weighted by Crippen LogP contribution is 2.25. The molecule has 0 aromatic heterocycles. The van der Waals surface area contributed by atoms with Crippen molar-refractivity contribution in [2.24, 2.45) is 0 Å². The molecule has 0 radical (unpaired) electrons. The zero-order valence-electron chi connectivity index (χ0n) is 15.6. The van der Waals surface area contributed by atoms with Gasteiger partial charge in [0.05, 0.1) is 5.69 Å². The van der Waals surface area contributed by atoms with E-state index in [4.69, 9.17) is 0 Å². The van der Waals surface area contributed by atoms with Gasteiger partial charge in [0.25, 0.3) is 5.91 Å². The molecule has 2 N–H and O–H groups in total. The van der Waals surface area contributed by atoms with Gasteiger partial charge in [0.2, 0.25) is 0 Å². The van der Waals surface area contributed by atoms with Gasteiger partial charge in [-0.1, -0.05) is 24.3 Å². The van der Waals surface area contributed by atoms with Gasteiger partial charge in [0.15, 0.2) is 0 Å². The molecule has 0 aliphatic carbocycles. The molecule has 1 fully saturated rings. The van der Waals surface area contributed by atoms with E-state index in [1.165, 1.54) is 17.2 Å². The minimum absolute atomic E-state index is 0. The Bertz CT molecular complexity index is 812. The molecule has 0 saturated carbocycles. The third kappa shape index (κ3) is 4.77. The van der Waals surface area contributed by atoms with Crippen LogP contribution in [0.2, 0.25) is 0 Å². The van der Waals surface area contributed by atoms with Crippen molar-refractivity contribution in [3.8, 4) is 0 Å². The molecule has 0 spiro atoms. The number of hydrogen-bond donors (Lipinski definition) is 2. The summed E-state index contributed by atoms with van der Waals surface area (Å²) in [6.07, 6.45) is 3.19. The summed E-state index contributed by atoms with van der Waals surface area (Å²) in [4.78, 5) is 14.5. The van der Waals surface area contributed by atoms with Crippen molar-refractivity contribution in [2.75, 3.05) is 31.1 Å². The quantitative estimate of drug-likeness (QED) is 0.780. The van der Waals surface area contributed by atoms with Crippen molar-refractivity contribution < 1.29 is 9.18 Å². The Kier molecular flexibility index (Phi) is 8.10. The highest BCUT2D eigenvalue weighted by atomic mass is 35.5. The largest absolute Gasteiger partial charge is 0.369 e. The second kappa shape index (κ2) is 10.1. The van der Waals surface area contributed by atoms with Crippen molar-refractivity contribution >= 4 is 36.4 Å². The number of benzene rings is 2. The Morgan fingerprint density at radius 3 is 2.64 bits per heavy atom. The van der Waals surface area contributed by atoms with E-state index in [9.17, 15) is 9.18 Å². The number of carbonyl (C=O) groups is 1. The van der Waals surface area contributed by atoms with Gasteiger partial charge in [-0.3, -0.25) is 4.79 Å². The lowest BCUT2D eigenvalue weighted by molar-refractivity contribution is 0.0948. The zero-order valence-corrected chi connectivity index (χ0v) is 17.3. The second-order valence-corrected chi connectivity index (χ2v) is 7.03.